The SMILES string of the molecule is CC(=O)N1c2ccc(S(=O)(=O)NCCC(=O)N3c4ccccc4C[C@@H]3C)cc2C[C@@H]1C. The largest absolute Gasteiger partial charge is 0.309 e. The Bertz CT molecular complexity index is 1150. The van der Waals surface area contributed by atoms with Gasteiger partial charge in [0.05, 0.1) is 4.90 Å². The van der Waals surface area contributed by atoms with Crippen LogP contribution in [-0.2, 0) is 32.5 Å². The molecule has 2 heterocycles. The summed E-state index contributed by atoms with van der Waals surface area (Å²) in [7, 11) is -3.75. The minimum Gasteiger partial charge on any atom is -0.309 e. The van der Waals surface area contributed by atoms with E-state index in [4.69, 9.17) is 0 Å². The molecule has 2 atom stereocenters. The van der Waals surface area contributed by atoms with E-state index in [1.807, 2.05) is 38.1 Å². The first-order valence-corrected chi connectivity index (χ1v) is 12.0. The molecule has 8 heteroatoms. The van der Waals surface area contributed by atoms with Gasteiger partial charge in [-0.3, -0.25) is 9.59 Å². The number of amides is 2. The van der Waals surface area contributed by atoms with Crippen molar-refractivity contribution in [1.29, 1.82) is 0 Å². The normalized spacial score (nSPS) is 20.0. The molecule has 2 aliphatic heterocycles. The number of anilines is 2. The Balaban J connectivity index is 1.42. The van der Waals surface area contributed by atoms with Crippen LogP contribution in [0.4, 0.5) is 11.4 Å². The van der Waals surface area contributed by atoms with E-state index in [1.54, 1.807) is 21.9 Å². The van der Waals surface area contributed by atoms with Crippen LogP contribution in [0.25, 0.3) is 0 Å². The number of nitrogens with one attached hydrogen (secondary N) is 1. The summed E-state index contributed by atoms with van der Waals surface area (Å²) in [5, 5.41) is 0. The summed E-state index contributed by atoms with van der Waals surface area (Å²) in [5.41, 5.74) is 3.64. The lowest BCUT2D eigenvalue weighted by molar-refractivity contribution is -0.119. The van der Waals surface area contributed by atoms with Gasteiger partial charge in [-0.15, -0.1) is 0 Å². The number of nitrogens with zero attached hydrogens (tertiary/aromatic N) is 2. The van der Waals surface area contributed by atoms with Crippen LogP contribution < -0.4 is 14.5 Å². The van der Waals surface area contributed by atoms with Crippen LogP contribution in [0, 0.1) is 0 Å². The molecule has 164 valence electrons. The van der Waals surface area contributed by atoms with Crippen LogP contribution in [0.1, 0.15) is 38.3 Å². The van der Waals surface area contributed by atoms with Crippen molar-refractivity contribution in [3.8, 4) is 0 Å². The van der Waals surface area contributed by atoms with Gasteiger partial charge in [0.1, 0.15) is 0 Å². The van der Waals surface area contributed by atoms with Gasteiger partial charge >= 0.3 is 0 Å². The lowest BCUT2D eigenvalue weighted by atomic mass is 10.1. The van der Waals surface area contributed by atoms with Crippen LogP contribution >= 0.6 is 0 Å². The summed E-state index contributed by atoms with van der Waals surface area (Å²) in [4.78, 5) is 28.3. The number of carbonyl (C=O) groups excluding carboxylic acids is 2. The number of sulfonamides is 1. The second-order valence-electron chi connectivity index (χ2n) is 8.33. The molecule has 2 aromatic rings. The predicted molar refractivity (Wildman–Crippen MR) is 120 cm³/mol. The van der Waals surface area contributed by atoms with E-state index < -0.39 is 10.0 Å². The molecule has 2 aromatic carbocycles. The number of hydrogen-bond acceptors (Lipinski definition) is 4. The summed E-state index contributed by atoms with van der Waals surface area (Å²) in [5.74, 6) is -0.156. The maximum Gasteiger partial charge on any atom is 0.240 e. The van der Waals surface area contributed by atoms with Crippen molar-refractivity contribution in [2.45, 2.75) is 57.0 Å². The molecule has 7 nitrogen and oxygen atoms in total. The predicted octanol–water partition coefficient (Wildman–Crippen LogP) is 2.63. The average molecular weight is 442 g/mol. The molecule has 0 fully saturated rings. The Labute approximate surface area is 183 Å². The molecule has 2 amide bonds. The average Bonchev–Trinajstić information content (AvgIpc) is 3.22. The number of benzene rings is 2. The maximum absolute atomic E-state index is 12.8. The summed E-state index contributed by atoms with van der Waals surface area (Å²) >= 11 is 0. The number of fused-ring (bicyclic) bond motifs is 2. The summed E-state index contributed by atoms with van der Waals surface area (Å²) < 4.78 is 28.1. The van der Waals surface area contributed by atoms with Crippen LogP contribution in [-0.4, -0.2) is 38.9 Å². The first-order chi connectivity index (χ1) is 14.7. The van der Waals surface area contributed by atoms with E-state index in [1.165, 1.54) is 13.0 Å². The summed E-state index contributed by atoms with van der Waals surface area (Å²) in [6.07, 6.45) is 1.50. The lowest BCUT2D eigenvalue weighted by Crippen LogP contribution is -2.38. The van der Waals surface area contributed by atoms with Crippen molar-refractivity contribution in [2.75, 3.05) is 16.3 Å². The van der Waals surface area contributed by atoms with Gasteiger partial charge in [0, 0.05) is 43.3 Å². The first-order valence-electron chi connectivity index (χ1n) is 10.5. The van der Waals surface area contributed by atoms with Crippen LogP contribution in [0.5, 0.6) is 0 Å². The van der Waals surface area contributed by atoms with Gasteiger partial charge in [0.25, 0.3) is 0 Å². The van der Waals surface area contributed by atoms with Gasteiger partial charge in [-0.1, -0.05) is 18.2 Å². The van der Waals surface area contributed by atoms with E-state index in [0.717, 1.165) is 28.9 Å². The second-order valence-corrected chi connectivity index (χ2v) is 10.1. The molecule has 0 aromatic heterocycles. The van der Waals surface area contributed by atoms with E-state index >= 15 is 0 Å². The van der Waals surface area contributed by atoms with Gasteiger partial charge in [-0.05, 0) is 62.1 Å². The van der Waals surface area contributed by atoms with Gasteiger partial charge in [-0.25, -0.2) is 13.1 Å². The lowest BCUT2D eigenvalue weighted by Gasteiger charge is -2.23. The standard InChI is InChI=1S/C23H27N3O4S/c1-15-13-19-14-20(8-9-22(19)25(15)17(3)27)31(29,30)24-11-10-23(28)26-16(2)12-18-6-4-5-7-21(18)26/h4-9,14-16,24H,10-13H2,1-3H3/t15-,16-/m0/s1. The second kappa shape index (κ2) is 8.09. The molecular formula is C23H27N3O4S. The van der Waals surface area contributed by atoms with E-state index in [9.17, 15) is 18.0 Å². The highest BCUT2D eigenvalue weighted by Crippen LogP contribution is 2.34. The first kappa shape index (κ1) is 21.5. The van der Waals surface area contributed by atoms with Crippen LogP contribution in [0.3, 0.4) is 0 Å². The molecule has 0 aliphatic carbocycles. The van der Waals surface area contributed by atoms with Gasteiger partial charge < -0.3 is 9.80 Å². The van der Waals surface area contributed by atoms with E-state index in [2.05, 4.69) is 4.72 Å². The van der Waals surface area contributed by atoms with E-state index in [-0.39, 0.29) is 41.8 Å². The maximum atomic E-state index is 12.8. The van der Waals surface area contributed by atoms with Gasteiger partial charge in [-0.2, -0.15) is 0 Å². The molecule has 2 aliphatic rings. The Morgan fingerprint density at radius 3 is 2.35 bits per heavy atom. The molecule has 0 saturated heterocycles. The van der Waals surface area contributed by atoms with Crippen molar-refractivity contribution >= 4 is 33.2 Å². The molecule has 0 spiro atoms. The van der Waals surface area contributed by atoms with Crippen molar-refractivity contribution in [1.82, 2.24) is 4.72 Å². The van der Waals surface area contributed by atoms with E-state index in [0.29, 0.717) is 6.42 Å². The fraction of sp³-hybridized carbons (Fsp3) is 0.391. The van der Waals surface area contributed by atoms with Gasteiger partial charge in [0.15, 0.2) is 0 Å². The zero-order valence-corrected chi connectivity index (χ0v) is 18.8. The molecule has 0 unspecified atom stereocenters. The molecule has 31 heavy (non-hydrogen) atoms. The van der Waals surface area contributed by atoms with Crippen LogP contribution in [0.2, 0.25) is 0 Å². The summed E-state index contributed by atoms with van der Waals surface area (Å²) in [6.45, 7) is 5.48. The third kappa shape index (κ3) is 3.97. The Kier molecular flexibility index (Phi) is 5.61. The molecule has 0 bridgehead atoms. The number of hydrogen-bond donors (Lipinski definition) is 1. The summed E-state index contributed by atoms with van der Waals surface area (Å²) in [6, 6.07) is 12.7. The monoisotopic (exact) mass is 441 g/mol. The fourth-order valence-corrected chi connectivity index (χ4v) is 5.78. The molecule has 1 N–H and O–H groups in total. The van der Waals surface area contributed by atoms with Crippen LogP contribution in [0.15, 0.2) is 47.4 Å². The zero-order chi connectivity index (χ0) is 22.3. The minimum atomic E-state index is -3.75. The fourth-order valence-electron chi connectivity index (χ4n) is 4.70. The molecule has 0 radical (unpaired) electrons. The number of rotatable bonds is 5. The Morgan fingerprint density at radius 1 is 0.968 bits per heavy atom. The highest BCUT2D eigenvalue weighted by Gasteiger charge is 2.32. The highest BCUT2D eigenvalue weighted by atomic mass is 32.2. The number of para-hydroxylation sites is 1. The smallest absolute Gasteiger partial charge is 0.240 e. The van der Waals surface area contributed by atoms with Gasteiger partial charge in [0.2, 0.25) is 21.8 Å². The third-order valence-corrected chi connectivity index (χ3v) is 7.48. The quantitative estimate of drug-likeness (QED) is 0.773. The number of carbonyl (C=O) groups is 2. The van der Waals surface area contributed by atoms with Crippen molar-refractivity contribution < 1.29 is 18.0 Å². The minimum absolute atomic E-state index is 0.00126. The van der Waals surface area contributed by atoms with Crippen molar-refractivity contribution in [2.24, 2.45) is 0 Å². The molecule has 4 rings (SSSR count). The highest BCUT2D eigenvalue weighted by molar-refractivity contribution is 7.89. The topological polar surface area (TPSA) is 86.8 Å². The van der Waals surface area contributed by atoms with Crippen molar-refractivity contribution in [3.05, 3.63) is 53.6 Å². The molecule has 0 saturated carbocycles. The third-order valence-electron chi connectivity index (χ3n) is 6.02. The Hall–Kier alpha value is -2.71. The Morgan fingerprint density at radius 2 is 1.61 bits per heavy atom. The van der Waals surface area contributed by atoms with Crippen molar-refractivity contribution in [3.63, 3.8) is 0 Å². The zero-order valence-electron chi connectivity index (χ0n) is 18.0. The molecular weight excluding hydrogens is 414 g/mol.